The molecule has 0 saturated carbocycles. The van der Waals surface area contributed by atoms with Crippen LogP contribution in [0, 0.1) is 0 Å². The van der Waals surface area contributed by atoms with Gasteiger partial charge in [-0.3, -0.25) is 0 Å². The molecule has 0 amide bonds. The van der Waals surface area contributed by atoms with Gasteiger partial charge in [0.2, 0.25) is 0 Å². The quantitative estimate of drug-likeness (QED) is 0.146. The lowest BCUT2D eigenvalue weighted by Crippen LogP contribution is -2.09. The number of hydrogen-bond acceptors (Lipinski definition) is 2. The molecule has 0 unspecified atom stereocenters. The molecule has 0 N–H and O–H groups in total. The standard InChI is InChI=1S/C56H39NO/c1-3-12-40(13-4-1)42-22-24-43(25-23-42)44-26-32-50(33-27-44)57(51-34-28-45(29-35-51)48-18-11-17-47(38-48)41-14-5-2-6-15-41)52-36-30-46(31-37-52)53-19-8-9-20-54(53)56-39-49-16-7-10-21-55(49)58-56/h1-39H. The average Bonchev–Trinajstić information content (AvgIpc) is 3.75. The van der Waals surface area contributed by atoms with E-state index in [0.29, 0.717) is 0 Å². The van der Waals surface area contributed by atoms with Gasteiger partial charge in [-0.1, -0.05) is 182 Å². The second-order valence-corrected chi connectivity index (χ2v) is 14.6. The van der Waals surface area contributed by atoms with E-state index in [1.807, 2.05) is 18.2 Å². The molecule has 10 aromatic rings. The molecule has 0 atom stereocenters. The van der Waals surface area contributed by atoms with Crippen LogP contribution in [-0.2, 0) is 0 Å². The van der Waals surface area contributed by atoms with Crippen LogP contribution in [0.5, 0.6) is 0 Å². The molecule has 0 aliphatic rings. The molecule has 1 heterocycles. The smallest absolute Gasteiger partial charge is 0.136 e. The molecular weight excluding hydrogens is 703 g/mol. The lowest BCUT2D eigenvalue weighted by Gasteiger charge is -2.26. The fourth-order valence-corrected chi connectivity index (χ4v) is 7.90. The fourth-order valence-electron chi connectivity index (χ4n) is 7.90. The fraction of sp³-hybridized carbons (Fsp3) is 0. The third kappa shape index (κ3) is 7.00. The van der Waals surface area contributed by atoms with E-state index < -0.39 is 0 Å². The molecule has 2 heteroatoms. The molecule has 2 nitrogen and oxygen atoms in total. The summed E-state index contributed by atoms with van der Waals surface area (Å²) in [5, 5.41) is 1.10. The summed E-state index contributed by atoms with van der Waals surface area (Å²) in [6, 6.07) is 84.2. The van der Waals surface area contributed by atoms with Crippen LogP contribution in [0.2, 0.25) is 0 Å². The first-order valence-electron chi connectivity index (χ1n) is 19.7. The maximum absolute atomic E-state index is 6.32. The van der Waals surface area contributed by atoms with E-state index in [0.717, 1.165) is 50.5 Å². The number of nitrogens with zero attached hydrogens (tertiary/aromatic N) is 1. The van der Waals surface area contributed by atoms with E-state index in [1.54, 1.807) is 0 Å². The summed E-state index contributed by atoms with van der Waals surface area (Å²) in [7, 11) is 0. The van der Waals surface area contributed by atoms with E-state index >= 15 is 0 Å². The van der Waals surface area contributed by atoms with E-state index in [1.165, 1.54) is 44.5 Å². The molecule has 0 spiro atoms. The van der Waals surface area contributed by atoms with E-state index in [-0.39, 0.29) is 0 Å². The minimum atomic E-state index is 0.867. The molecule has 1 aromatic heterocycles. The van der Waals surface area contributed by atoms with Crippen molar-refractivity contribution in [2.45, 2.75) is 0 Å². The minimum Gasteiger partial charge on any atom is -0.456 e. The van der Waals surface area contributed by atoms with E-state index in [4.69, 9.17) is 4.42 Å². The van der Waals surface area contributed by atoms with Gasteiger partial charge in [-0.25, -0.2) is 0 Å². The Morgan fingerprint density at radius 3 is 1.17 bits per heavy atom. The summed E-state index contributed by atoms with van der Waals surface area (Å²) in [5.74, 6) is 0.867. The molecule has 0 radical (unpaired) electrons. The highest BCUT2D eigenvalue weighted by atomic mass is 16.3. The number of rotatable bonds is 9. The summed E-state index contributed by atoms with van der Waals surface area (Å²) >= 11 is 0. The van der Waals surface area contributed by atoms with E-state index in [2.05, 4.69) is 223 Å². The van der Waals surface area contributed by atoms with Gasteiger partial charge in [-0.05, 0) is 110 Å². The molecule has 0 aliphatic carbocycles. The van der Waals surface area contributed by atoms with Crippen molar-refractivity contribution in [3.8, 4) is 67.0 Å². The lowest BCUT2D eigenvalue weighted by molar-refractivity contribution is 0.632. The topological polar surface area (TPSA) is 16.4 Å². The highest BCUT2D eigenvalue weighted by Gasteiger charge is 2.16. The number of para-hydroxylation sites is 1. The van der Waals surface area contributed by atoms with Crippen molar-refractivity contribution in [2.24, 2.45) is 0 Å². The van der Waals surface area contributed by atoms with Crippen molar-refractivity contribution < 1.29 is 4.42 Å². The van der Waals surface area contributed by atoms with Crippen LogP contribution in [0.1, 0.15) is 0 Å². The average molecular weight is 742 g/mol. The van der Waals surface area contributed by atoms with Crippen molar-refractivity contribution >= 4 is 28.0 Å². The predicted octanol–water partition coefficient (Wildman–Crippen LogP) is 15.9. The van der Waals surface area contributed by atoms with Gasteiger partial charge in [-0.15, -0.1) is 0 Å². The zero-order valence-corrected chi connectivity index (χ0v) is 31.9. The molecular formula is C56H39NO. The molecule has 9 aromatic carbocycles. The van der Waals surface area contributed by atoms with E-state index in [9.17, 15) is 0 Å². The second-order valence-electron chi connectivity index (χ2n) is 14.6. The summed E-state index contributed by atoms with van der Waals surface area (Å²) in [6.45, 7) is 0. The Labute approximate surface area is 339 Å². The minimum absolute atomic E-state index is 0.867. The van der Waals surface area contributed by atoms with Crippen molar-refractivity contribution in [3.05, 3.63) is 237 Å². The van der Waals surface area contributed by atoms with Crippen LogP contribution < -0.4 is 4.90 Å². The molecule has 0 aliphatic heterocycles. The normalized spacial score (nSPS) is 11.1. The molecule has 0 fully saturated rings. The molecule has 10 rings (SSSR count). The Kier molecular flexibility index (Phi) is 9.27. The molecule has 0 saturated heterocycles. The van der Waals surface area contributed by atoms with Crippen molar-refractivity contribution in [1.82, 2.24) is 0 Å². The third-order valence-electron chi connectivity index (χ3n) is 10.9. The number of hydrogen-bond donors (Lipinski definition) is 0. The first kappa shape index (κ1) is 34.8. The van der Waals surface area contributed by atoms with Crippen molar-refractivity contribution in [1.29, 1.82) is 0 Å². The monoisotopic (exact) mass is 741 g/mol. The Morgan fingerprint density at radius 2 is 0.638 bits per heavy atom. The van der Waals surface area contributed by atoms with Crippen LogP contribution in [0.25, 0.3) is 77.9 Å². The molecule has 0 bridgehead atoms. The second kappa shape index (κ2) is 15.5. The lowest BCUT2D eigenvalue weighted by atomic mass is 9.97. The Morgan fingerprint density at radius 1 is 0.259 bits per heavy atom. The summed E-state index contributed by atoms with van der Waals surface area (Å²) < 4.78 is 6.32. The Balaban J connectivity index is 0.996. The van der Waals surface area contributed by atoms with Gasteiger partial charge in [0.15, 0.2) is 0 Å². The first-order chi connectivity index (χ1) is 28.7. The van der Waals surface area contributed by atoms with Crippen LogP contribution in [0.3, 0.4) is 0 Å². The van der Waals surface area contributed by atoms with Gasteiger partial charge >= 0.3 is 0 Å². The summed E-state index contributed by atoms with van der Waals surface area (Å²) in [4.78, 5) is 2.33. The van der Waals surface area contributed by atoms with Gasteiger partial charge in [-0.2, -0.15) is 0 Å². The van der Waals surface area contributed by atoms with Gasteiger partial charge in [0.1, 0.15) is 11.3 Å². The van der Waals surface area contributed by atoms with Crippen molar-refractivity contribution in [2.75, 3.05) is 4.90 Å². The number of fused-ring (bicyclic) bond motifs is 1. The zero-order valence-electron chi connectivity index (χ0n) is 31.9. The molecule has 274 valence electrons. The summed E-state index contributed by atoms with van der Waals surface area (Å²) in [5.41, 5.74) is 17.0. The maximum Gasteiger partial charge on any atom is 0.136 e. The first-order valence-corrected chi connectivity index (χ1v) is 19.7. The van der Waals surface area contributed by atoms with Gasteiger partial charge in [0, 0.05) is 28.0 Å². The van der Waals surface area contributed by atoms with Gasteiger partial charge in [0.05, 0.1) is 0 Å². The summed E-state index contributed by atoms with van der Waals surface area (Å²) in [6.07, 6.45) is 0. The maximum atomic E-state index is 6.32. The molecule has 58 heavy (non-hydrogen) atoms. The number of benzene rings is 9. The third-order valence-corrected chi connectivity index (χ3v) is 10.9. The van der Waals surface area contributed by atoms with Gasteiger partial charge in [0.25, 0.3) is 0 Å². The Hall–Kier alpha value is -7.68. The Bertz CT molecular complexity index is 2910. The zero-order chi connectivity index (χ0) is 38.7. The SMILES string of the molecule is c1ccc(-c2ccc(-c3ccc(N(c4ccc(-c5cccc(-c6ccccc6)c5)cc4)c4ccc(-c5ccccc5-c5cc6ccccc6o5)cc4)cc3)cc2)cc1. The largest absolute Gasteiger partial charge is 0.456 e. The highest BCUT2D eigenvalue weighted by Crippen LogP contribution is 2.40. The highest BCUT2D eigenvalue weighted by molar-refractivity contribution is 5.89. The van der Waals surface area contributed by atoms with Crippen LogP contribution in [-0.4, -0.2) is 0 Å². The van der Waals surface area contributed by atoms with Crippen molar-refractivity contribution in [3.63, 3.8) is 0 Å². The van der Waals surface area contributed by atoms with Gasteiger partial charge < -0.3 is 9.32 Å². The number of anilines is 3. The van der Waals surface area contributed by atoms with Crippen LogP contribution in [0.4, 0.5) is 17.1 Å². The predicted molar refractivity (Wildman–Crippen MR) is 244 cm³/mol. The van der Waals surface area contributed by atoms with Crippen LogP contribution >= 0.6 is 0 Å². The number of furan rings is 1. The van der Waals surface area contributed by atoms with Crippen LogP contribution in [0.15, 0.2) is 241 Å².